The minimum Gasteiger partial charge on any atom is -0.455 e. The van der Waals surface area contributed by atoms with Gasteiger partial charge < -0.3 is 13.7 Å². The highest BCUT2D eigenvalue weighted by molar-refractivity contribution is 6.15. The predicted octanol–water partition coefficient (Wildman–Crippen LogP) is 15.1. The van der Waals surface area contributed by atoms with Crippen molar-refractivity contribution in [3.8, 4) is 33.4 Å². The maximum absolute atomic E-state index is 6.80. The van der Waals surface area contributed by atoms with Crippen LogP contribution in [0.25, 0.3) is 88.0 Å². The lowest BCUT2D eigenvalue weighted by molar-refractivity contribution is 0.669. The SMILES string of the molecule is c1ccc(-c2cccc3cccc(-c4ccccc4N(c4ccccc4-c4cccc5c4oc4ccccc45)c4cccc5c4oc4ccccc45)c23)cc1. The van der Waals surface area contributed by atoms with E-state index in [-0.39, 0.29) is 0 Å². The van der Waals surface area contributed by atoms with Crippen LogP contribution in [0, 0.1) is 0 Å². The number of para-hydroxylation sites is 6. The van der Waals surface area contributed by atoms with Crippen molar-refractivity contribution < 1.29 is 8.83 Å². The van der Waals surface area contributed by atoms with Crippen LogP contribution in [-0.2, 0) is 0 Å². The summed E-state index contributed by atoms with van der Waals surface area (Å²) in [6, 6.07) is 70.9. The van der Waals surface area contributed by atoms with E-state index in [1.807, 2.05) is 18.2 Å². The van der Waals surface area contributed by atoms with Crippen molar-refractivity contribution in [2.75, 3.05) is 4.90 Å². The molecule has 55 heavy (non-hydrogen) atoms. The molecule has 258 valence electrons. The number of benzene rings is 9. The third-order valence-electron chi connectivity index (χ3n) is 10.9. The van der Waals surface area contributed by atoms with Crippen LogP contribution in [0.5, 0.6) is 0 Å². The molecule has 9 aromatic carbocycles. The molecule has 0 amide bonds. The van der Waals surface area contributed by atoms with Gasteiger partial charge in [0.05, 0.1) is 17.1 Å². The summed E-state index contributed by atoms with van der Waals surface area (Å²) in [5, 5.41) is 6.77. The van der Waals surface area contributed by atoms with Gasteiger partial charge in [0.25, 0.3) is 0 Å². The molecule has 0 saturated carbocycles. The van der Waals surface area contributed by atoms with Gasteiger partial charge in [0.1, 0.15) is 16.7 Å². The van der Waals surface area contributed by atoms with E-state index in [0.717, 1.165) is 83.2 Å². The highest BCUT2D eigenvalue weighted by Crippen LogP contribution is 2.50. The Morgan fingerprint density at radius 2 is 0.745 bits per heavy atom. The van der Waals surface area contributed by atoms with Crippen molar-refractivity contribution in [2.45, 2.75) is 0 Å². The first-order valence-corrected chi connectivity index (χ1v) is 18.7. The van der Waals surface area contributed by atoms with Crippen molar-refractivity contribution in [3.05, 3.63) is 200 Å². The molecule has 2 heterocycles. The molecule has 0 aliphatic carbocycles. The van der Waals surface area contributed by atoms with E-state index in [4.69, 9.17) is 8.83 Å². The van der Waals surface area contributed by atoms with Gasteiger partial charge in [0, 0.05) is 38.2 Å². The maximum Gasteiger partial charge on any atom is 0.159 e. The normalized spacial score (nSPS) is 11.6. The molecule has 11 aromatic rings. The van der Waals surface area contributed by atoms with Crippen molar-refractivity contribution in [1.29, 1.82) is 0 Å². The first-order valence-electron chi connectivity index (χ1n) is 18.7. The molecule has 0 spiro atoms. The van der Waals surface area contributed by atoms with E-state index >= 15 is 0 Å². The first-order chi connectivity index (χ1) is 27.3. The Labute approximate surface area is 317 Å². The summed E-state index contributed by atoms with van der Waals surface area (Å²) in [4.78, 5) is 2.39. The molecular weight excluding hydrogens is 671 g/mol. The third kappa shape index (κ3) is 4.98. The number of rotatable bonds is 6. The van der Waals surface area contributed by atoms with E-state index in [1.165, 1.54) is 21.9 Å². The van der Waals surface area contributed by atoms with Crippen LogP contribution in [-0.4, -0.2) is 0 Å². The molecule has 0 bridgehead atoms. The van der Waals surface area contributed by atoms with Crippen LogP contribution in [0.1, 0.15) is 0 Å². The Morgan fingerprint density at radius 3 is 1.45 bits per heavy atom. The van der Waals surface area contributed by atoms with Gasteiger partial charge in [-0.2, -0.15) is 0 Å². The summed E-state index contributed by atoms with van der Waals surface area (Å²) in [5.74, 6) is 0. The molecule has 3 nitrogen and oxygen atoms in total. The quantitative estimate of drug-likeness (QED) is 0.173. The summed E-state index contributed by atoms with van der Waals surface area (Å²) >= 11 is 0. The van der Waals surface area contributed by atoms with Crippen LogP contribution < -0.4 is 4.90 Å². The fourth-order valence-electron chi connectivity index (χ4n) is 8.47. The van der Waals surface area contributed by atoms with Crippen LogP contribution in [0.15, 0.2) is 209 Å². The fraction of sp³-hybridized carbons (Fsp3) is 0. The number of nitrogens with zero attached hydrogens (tertiary/aromatic N) is 1. The molecule has 2 aromatic heterocycles. The zero-order valence-electron chi connectivity index (χ0n) is 29.8. The van der Waals surface area contributed by atoms with E-state index < -0.39 is 0 Å². The maximum atomic E-state index is 6.80. The molecule has 11 rings (SSSR count). The van der Waals surface area contributed by atoms with Crippen molar-refractivity contribution >= 4 is 71.7 Å². The first kappa shape index (κ1) is 31.2. The zero-order chi connectivity index (χ0) is 36.3. The third-order valence-corrected chi connectivity index (χ3v) is 10.9. The molecule has 0 unspecified atom stereocenters. The lowest BCUT2D eigenvalue weighted by atomic mass is 9.90. The summed E-state index contributed by atoms with van der Waals surface area (Å²) in [7, 11) is 0. The number of hydrogen-bond donors (Lipinski definition) is 0. The van der Waals surface area contributed by atoms with E-state index in [0.29, 0.717) is 0 Å². The lowest BCUT2D eigenvalue weighted by Gasteiger charge is -2.30. The summed E-state index contributed by atoms with van der Waals surface area (Å²) < 4.78 is 13.4. The predicted molar refractivity (Wildman–Crippen MR) is 229 cm³/mol. The van der Waals surface area contributed by atoms with Gasteiger partial charge in [-0.15, -0.1) is 0 Å². The van der Waals surface area contributed by atoms with Gasteiger partial charge in [-0.1, -0.05) is 170 Å². The van der Waals surface area contributed by atoms with Gasteiger partial charge in [-0.05, 0) is 57.8 Å². The van der Waals surface area contributed by atoms with Crippen LogP contribution in [0.4, 0.5) is 17.1 Å². The molecule has 0 radical (unpaired) electrons. The van der Waals surface area contributed by atoms with Gasteiger partial charge in [-0.25, -0.2) is 0 Å². The average Bonchev–Trinajstić information content (AvgIpc) is 3.83. The smallest absolute Gasteiger partial charge is 0.159 e. The van der Waals surface area contributed by atoms with Crippen LogP contribution >= 0.6 is 0 Å². The summed E-state index contributed by atoms with van der Waals surface area (Å²) in [5.41, 5.74) is 13.2. The molecule has 0 aliphatic heterocycles. The second-order valence-corrected chi connectivity index (χ2v) is 14.0. The monoisotopic (exact) mass is 703 g/mol. The van der Waals surface area contributed by atoms with Gasteiger partial charge in [-0.3, -0.25) is 0 Å². The van der Waals surface area contributed by atoms with E-state index in [2.05, 4.69) is 187 Å². The van der Waals surface area contributed by atoms with Crippen LogP contribution in [0.2, 0.25) is 0 Å². The molecule has 0 N–H and O–H groups in total. The molecule has 0 fully saturated rings. The molecule has 0 aliphatic rings. The fourth-order valence-corrected chi connectivity index (χ4v) is 8.47. The van der Waals surface area contributed by atoms with Crippen molar-refractivity contribution in [1.82, 2.24) is 0 Å². The van der Waals surface area contributed by atoms with E-state index in [1.54, 1.807) is 0 Å². The minimum absolute atomic E-state index is 0.832. The largest absolute Gasteiger partial charge is 0.455 e. The standard InChI is InChI=1S/C52H33NO2/c1-2-16-34(17-3-1)36-24-12-18-35-19-13-25-41(50(35)36)37-20-4-8-29-45(37)53(47-31-15-28-44-40-23-7-11-33-49(40)55-52(44)47)46-30-9-5-21-38(46)42-26-14-27-43-39-22-6-10-32-48(39)54-51(42)43/h1-33H. The minimum atomic E-state index is 0.832. The second kappa shape index (κ2) is 12.6. The van der Waals surface area contributed by atoms with Gasteiger partial charge in [0.2, 0.25) is 0 Å². The molecule has 0 atom stereocenters. The molecular formula is C52H33NO2. The Hall–Kier alpha value is -7.36. The lowest BCUT2D eigenvalue weighted by Crippen LogP contribution is -2.13. The number of fused-ring (bicyclic) bond motifs is 7. The highest BCUT2D eigenvalue weighted by Gasteiger charge is 2.26. The highest BCUT2D eigenvalue weighted by atomic mass is 16.3. The van der Waals surface area contributed by atoms with Gasteiger partial charge >= 0.3 is 0 Å². The van der Waals surface area contributed by atoms with Crippen molar-refractivity contribution in [3.63, 3.8) is 0 Å². The number of furan rings is 2. The Morgan fingerprint density at radius 1 is 0.291 bits per heavy atom. The zero-order valence-corrected chi connectivity index (χ0v) is 29.8. The number of anilines is 3. The Kier molecular flexibility index (Phi) is 7.17. The van der Waals surface area contributed by atoms with Crippen LogP contribution in [0.3, 0.4) is 0 Å². The average molecular weight is 704 g/mol. The van der Waals surface area contributed by atoms with Crippen molar-refractivity contribution in [2.24, 2.45) is 0 Å². The topological polar surface area (TPSA) is 29.5 Å². The second-order valence-electron chi connectivity index (χ2n) is 14.0. The molecule has 3 heteroatoms. The Balaban J connectivity index is 1.23. The molecule has 0 saturated heterocycles. The Bertz CT molecular complexity index is 3220. The number of hydrogen-bond acceptors (Lipinski definition) is 3. The summed E-state index contributed by atoms with van der Waals surface area (Å²) in [6.45, 7) is 0. The van der Waals surface area contributed by atoms with Gasteiger partial charge in [0.15, 0.2) is 5.58 Å². The van der Waals surface area contributed by atoms with E-state index in [9.17, 15) is 0 Å². The summed E-state index contributed by atoms with van der Waals surface area (Å²) in [6.07, 6.45) is 0.